The molecule has 9 heteroatoms. The van der Waals surface area contributed by atoms with Crippen LogP contribution in [-0.4, -0.2) is 80.2 Å². The lowest BCUT2D eigenvalue weighted by molar-refractivity contribution is 0.0229. The number of halogens is 1. The topological polar surface area (TPSA) is 103 Å². The van der Waals surface area contributed by atoms with Crippen LogP contribution in [0.5, 0.6) is 0 Å². The van der Waals surface area contributed by atoms with Crippen LogP contribution in [0.1, 0.15) is 20.8 Å². The normalized spacial score (nSPS) is 20.0. The zero-order chi connectivity index (χ0) is 21.4. The molecule has 29 heavy (non-hydrogen) atoms. The predicted octanol–water partition coefficient (Wildman–Crippen LogP) is 1.01. The highest BCUT2D eigenvalue weighted by Crippen LogP contribution is 2.22. The van der Waals surface area contributed by atoms with Crippen molar-refractivity contribution in [3.05, 3.63) is 24.0 Å². The molecule has 1 atom stereocenters. The number of aliphatic hydroxyl groups is 1. The Kier molecular flexibility index (Phi) is 8.48. The van der Waals surface area contributed by atoms with Gasteiger partial charge < -0.3 is 36.0 Å². The minimum atomic E-state index is -0.387. The van der Waals surface area contributed by atoms with Crippen molar-refractivity contribution in [3.8, 4) is 0 Å². The number of aliphatic hydroxyl groups excluding tert-OH is 1. The second kappa shape index (κ2) is 10.6. The zero-order valence-electron chi connectivity index (χ0n) is 17.6. The van der Waals surface area contributed by atoms with E-state index in [2.05, 4.69) is 10.6 Å². The number of ether oxygens (including phenoxy) is 1. The Labute approximate surface area is 172 Å². The van der Waals surface area contributed by atoms with Crippen LogP contribution in [-0.2, 0) is 4.74 Å². The molecular formula is C20H34FN5O3. The number of hydrogen-bond acceptors (Lipinski definition) is 7. The highest BCUT2D eigenvalue weighted by molar-refractivity contribution is 5.68. The van der Waals surface area contributed by atoms with Crippen LogP contribution in [0, 0.1) is 5.82 Å². The first-order chi connectivity index (χ1) is 13.7. The first-order valence-corrected chi connectivity index (χ1v) is 10.0. The molecule has 0 aromatic heterocycles. The van der Waals surface area contributed by atoms with Crippen molar-refractivity contribution < 1.29 is 19.0 Å². The van der Waals surface area contributed by atoms with Crippen LogP contribution < -0.4 is 21.3 Å². The summed E-state index contributed by atoms with van der Waals surface area (Å²) in [6, 6.07) is 4.70. The number of carbonyl (C=O) groups excluding carboxylic acids is 1. The Morgan fingerprint density at radius 3 is 2.55 bits per heavy atom. The molecule has 1 aromatic rings. The van der Waals surface area contributed by atoms with Gasteiger partial charge in [0, 0.05) is 57.5 Å². The molecule has 0 radical (unpaired) electrons. The third kappa shape index (κ3) is 7.68. The fourth-order valence-corrected chi connectivity index (χ4v) is 3.12. The van der Waals surface area contributed by atoms with E-state index < -0.39 is 0 Å². The fourth-order valence-electron chi connectivity index (χ4n) is 3.12. The lowest BCUT2D eigenvalue weighted by Gasteiger charge is -2.34. The SMILES string of the molecule is CC(C)(C)OC(=O)N1CCNCC1.Nc1ccc(N2CCN[C@H](CO)C2)c(F)c1. The van der Waals surface area contributed by atoms with Crippen LogP contribution in [0.25, 0.3) is 0 Å². The molecule has 2 aliphatic rings. The van der Waals surface area contributed by atoms with Crippen molar-refractivity contribution in [1.29, 1.82) is 0 Å². The van der Waals surface area contributed by atoms with Gasteiger partial charge in [0.1, 0.15) is 11.4 Å². The summed E-state index contributed by atoms with van der Waals surface area (Å²) in [6.45, 7) is 11.0. The Balaban J connectivity index is 0.000000212. The number of carbonyl (C=O) groups is 1. The maximum Gasteiger partial charge on any atom is 0.410 e. The Morgan fingerprint density at radius 1 is 1.28 bits per heavy atom. The first-order valence-electron chi connectivity index (χ1n) is 10.0. The van der Waals surface area contributed by atoms with Gasteiger partial charge in [0.2, 0.25) is 0 Å². The van der Waals surface area contributed by atoms with Gasteiger partial charge in [-0.1, -0.05) is 0 Å². The largest absolute Gasteiger partial charge is 0.444 e. The van der Waals surface area contributed by atoms with Gasteiger partial charge >= 0.3 is 6.09 Å². The van der Waals surface area contributed by atoms with Gasteiger partial charge in [-0.15, -0.1) is 0 Å². The number of rotatable bonds is 2. The van der Waals surface area contributed by atoms with E-state index in [4.69, 9.17) is 15.6 Å². The van der Waals surface area contributed by atoms with Gasteiger partial charge in [-0.2, -0.15) is 0 Å². The molecule has 2 saturated heterocycles. The average Bonchev–Trinajstić information content (AvgIpc) is 2.68. The average molecular weight is 412 g/mol. The monoisotopic (exact) mass is 411 g/mol. The third-order valence-electron chi connectivity index (χ3n) is 4.56. The van der Waals surface area contributed by atoms with Gasteiger partial charge in [0.25, 0.3) is 0 Å². The highest BCUT2D eigenvalue weighted by Gasteiger charge is 2.23. The summed E-state index contributed by atoms with van der Waals surface area (Å²) in [4.78, 5) is 15.2. The molecule has 3 rings (SSSR count). The molecule has 0 bridgehead atoms. The van der Waals surface area contributed by atoms with Crippen LogP contribution in [0.2, 0.25) is 0 Å². The van der Waals surface area contributed by atoms with Gasteiger partial charge in [-0.3, -0.25) is 0 Å². The summed E-state index contributed by atoms with van der Waals surface area (Å²) < 4.78 is 18.9. The van der Waals surface area contributed by atoms with E-state index in [1.807, 2.05) is 25.7 Å². The molecule has 0 spiro atoms. The number of nitrogens with one attached hydrogen (secondary N) is 2. The quantitative estimate of drug-likeness (QED) is 0.539. The van der Waals surface area contributed by atoms with E-state index in [1.54, 1.807) is 17.0 Å². The van der Waals surface area contributed by atoms with Crippen LogP contribution >= 0.6 is 0 Å². The summed E-state index contributed by atoms with van der Waals surface area (Å²) in [6.07, 6.45) is -0.200. The number of amides is 1. The van der Waals surface area contributed by atoms with Crippen molar-refractivity contribution in [2.75, 3.05) is 63.1 Å². The molecule has 2 fully saturated rings. The van der Waals surface area contributed by atoms with E-state index in [1.165, 1.54) is 6.07 Å². The number of hydrogen-bond donors (Lipinski definition) is 4. The highest BCUT2D eigenvalue weighted by atomic mass is 19.1. The summed E-state index contributed by atoms with van der Waals surface area (Å²) in [5.74, 6) is -0.307. The maximum atomic E-state index is 13.7. The maximum absolute atomic E-state index is 13.7. The van der Waals surface area contributed by atoms with E-state index in [-0.39, 0.29) is 30.2 Å². The molecular weight excluding hydrogens is 377 g/mol. The molecule has 0 saturated carbocycles. The summed E-state index contributed by atoms with van der Waals surface area (Å²) in [5, 5.41) is 15.4. The number of nitrogen functional groups attached to an aromatic ring is 1. The molecule has 8 nitrogen and oxygen atoms in total. The minimum absolute atomic E-state index is 0.00528. The van der Waals surface area contributed by atoms with Crippen molar-refractivity contribution >= 4 is 17.5 Å². The van der Waals surface area contributed by atoms with Crippen molar-refractivity contribution in [3.63, 3.8) is 0 Å². The van der Waals surface area contributed by atoms with E-state index >= 15 is 0 Å². The number of nitrogens with zero attached hydrogens (tertiary/aromatic N) is 2. The Morgan fingerprint density at radius 2 is 1.97 bits per heavy atom. The van der Waals surface area contributed by atoms with Gasteiger partial charge in [0.05, 0.1) is 12.3 Å². The Hall–Kier alpha value is -2.10. The standard InChI is InChI=1S/C11H16FN3O.C9H18N2O2/c12-10-5-8(13)1-2-11(10)15-4-3-14-9(6-15)7-16;1-9(2,3)13-8(12)11-6-4-10-5-7-11/h1-2,5,9,14,16H,3-4,6-7,13H2;10H,4-7H2,1-3H3/t9-;/m0./s1. The minimum Gasteiger partial charge on any atom is -0.444 e. The third-order valence-corrected chi connectivity index (χ3v) is 4.56. The lowest BCUT2D eigenvalue weighted by Crippen LogP contribution is -2.52. The predicted molar refractivity (Wildman–Crippen MR) is 113 cm³/mol. The van der Waals surface area contributed by atoms with Crippen molar-refractivity contribution in [2.45, 2.75) is 32.4 Å². The van der Waals surface area contributed by atoms with Crippen molar-refractivity contribution in [2.24, 2.45) is 0 Å². The molecule has 5 N–H and O–H groups in total. The molecule has 2 heterocycles. The molecule has 1 amide bonds. The van der Waals surface area contributed by atoms with E-state index in [9.17, 15) is 9.18 Å². The van der Waals surface area contributed by atoms with Gasteiger partial charge in [-0.25, -0.2) is 9.18 Å². The molecule has 2 aliphatic heterocycles. The van der Waals surface area contributed by atoms with Crippen molar-refractivity contribution in [1.82, 2.24) is 15.5 Å². The molecule has 0 aliphatic carbocycles. The lowest BCUT2D eigenvalue weighted by atomic mass is 10.2. The van der Waals surface area contributed by atoms with Crippen LogP contribution in [0.15, 0.2) is 18.2 Å². The van der Waals surface area contributed by atoms with Crippen LogP contribution in [0.3, 0.4) is 0 Å². The zero-order valence-corrected chi connectivity index (χ0v) is 17.6. The Bertz CT molecular complexity index is 662. The molecule has 0 unspecified atom stereocenters. The first kappa shape index (κ1) is 23.2. The molecule has 164 valence electrons. The number of nitrogens with two attached hydrogens (primary N) is 1. The second-order valence-electron chi connectivity index (χ2n) is 8.21. The fraction of sp³-hybridized carbons (Fsp3) is 0.650. The smallest absolute Gasteiger partial charge is 0.410 e. The van der Waals surface area contributed by atoms with Crippen LogP contribution in [0.4, 0.5) is 20.6 Å². The number of anilines is 2. The van der Waals surface area contributed by atoms with E-state index in [0.717, 1.165) is 39.3 Å². The number of benzene rings is 1. The van der Waals surface area contributed by atoms with Gasteiger partial charge in [-0.05, 0) is 39.0 Å². The van der Waals surface area contributed by atoms with E-state index in [0.29, 0.717) is 17.9 Å². The second-order valence-corrected chi connectivity index (χ2v) is 8.21. The van der Waals surface area contributed by atoms with Gasteiger partial charge in [0.15, 0.2) is 0 Å². The molecule has 1 aromatic carbocycles. The summed E-state index contributed by atoms with van der Waals surface area (Å²) in [5.41, 5.74) is 6.09. The summed E-state index contributed by atoms with van der Waals surface area (Å²) in [7, 11) is 0. The number of piperazine rings is 2. The summed E-state index contributed by atoms with van der Waals surface area (Å²) >= 11 is 0.